The van der Waals surface area contributed by atoms with Crippen molar-refractivity contribution < 1.29 is 24.2 Å². The fourth-order valence-corrected chi connectivity index (χ4v) is 2.22. The monoisotopic (exact) mass is 317 g/mol. The predicted octanol–water partition coefficient (Wildman–Crippen LogP) is 1.79. The Morgan fingerprint density at radius 3 is 2.86 bits per heavy atom. The van der Waals surface area contributed by atoms with Crippen LogP contribution in [0.25, 0.3) is 0 Å². The Hall–Kier alpha value is -1.41. The van der Waals surface area contributed by atoms with Crippen molar-refractivity contribution >= 4 is 17.3 Å². The van der Waals surface area contributed by atoms with E-state index in [4.69, 9.17) is 25.8 Å². The number of hydrogen-bond acceptors (Lipinski definition) is 6. The Morgan fingerprint density at radius 2 is 2.24 bits per heavy atom. The largest absolute Gasteiger partial charge is 0.480 e. The van der Waals surface area contributed by atoms with Gasteiger partial charge in [0, 0.05) is 30.7 Å². The van der Waals surface area contributed by atoms with Gasteiger partial charge in [-0.2, -0.15) is 0 Å². The number of aliphatic hydroxyl groups is 1. The second-order valence-corrected chi connectivity index (χ2v) is 5.09. The molecule has 1 N–H and O–H groups in total. The molecular formula is C13H16ClNO6. The highest BCUT2D eigenvalue weighted by Gasteiger charge is 2.43. The molecule has 0 aliphatic heterocycles. The molecule has 0 saturated heterocycles. The fraction of sp³-hybridized carbons (Fsp3) is 0.538. The molecule has 8 heteroatoms. The number of hydrogen-bond donors (Lipinski definition) is 1. The van der Waals surface area contributed by atoms with E-state index in [1.165, 1.54) is 18.2 Å². The van der Waals surface area contributed by atoms with E-state index >= 15 is 0 Å². The quantitative estimate of drug-likeness (QED) is 0.468. The molecule has 7 nitrogen and oxygen atoms in total. The zero-order valence-corrected chi connectivity index (χ0v) is 12.2. The molecule has 21 heavy (non-hydrogen) atoms. The summed E-state index contributed by atoms with van der Waals surface area (Å²) in [5.41, 5.74) is -0.170. The summed E-state index contributed by atoms with van der Waals surface area (Å²) in [7, 11) is 1.55. The van der Waals surface area contributed by atoms with E-state index < -0.39 is 23.2 Å². The molecule has 0 amide bonds. The summed E-state index contributed by atoms with van der Waals surface area (Å²) in [6.07, 6.45) is -1.28. The van der Waals surface area contributed by atoms with Crippen LogP contribution in [0.15, 0.2) is 18.2 Å². The highest BCUT2D eigenvalue weighted by molar-refractivity contribution is 6.30. The van der Waals surface area contributed by atoms with Crippen molar-refractivity contribution in [2.24, 2.45) is 0 Å². The average molecular weight is 318 g/mol. The first kappa shape index (κ1) is 16.0. The Morgan fingerprint density at radius 1 is 1.48 bits per heavy atom. The van der Waals surface area contributed by atoms with E-state index in [0.29, 0.717) is 24.7 Å². The second-order valence-electron chi connectivity index (χ2n) is 4.66. The minimum atomic E-state index is -0.648. The standard InChI is InChI=1S/C13H16ClNO6/c1-19-4-5-20-13-10(16)7-12(13)21-11-6-8(14)2-3-9(11)15(17)18/h2-3,6,10,12-13,16H,4-5,7H2,1H3. The molecule has 1 saturated carbocycles. The minimum absolute atomic E-state index is 0.0738. The van der Waals surface area contributed by atoms with Gasteiger partial charge in [-0.3, -0.25) is 10.1 Å². The number of halogens is 1. The van der Waals surface area contributed by atoms with Gasteiger partial charge < -0.3 is 19.3 Å². The van der Waals surface area contributed by atoms with Crippen LogP contribution in [0.4, 0.5) is 5.69 Å². The lowest BCUT2D eigenvalue weighted by Crippen LogP contribution is -2.55. The summed E-state index contributed by atoms with van der Waals surface area (Å²) in [4.78, 5) is 10.4. The Labute approximate surface area is 126 Å². The van der Waals surface area contributed by atoms with Crippen molar-refractivity contribution in [3.63, 3.8) is 0 Å². The third kappa shape index (κ3) is 3.82. The molecular weight excluding hydrogens is 302 g/mol. The van der Waals surface area contributed by atoms with Crippen LogP contribution in [0.2, 0.25) is 5.02 Å². The van der Waals surface area contributed by atoms with Gasteiger partial charge in [0.1, 0.15) is 12.2 Å². The van der Waals surface area contributed by atoms with Crippen LogP contribution < -0.4 is 4.74 Å². The molecule has 3 atom stereocenters. The maximum atomic E-state index is 11.0. The lowest BCUT2D eigenvalue weighted by molar-refractivity contribution is -0.386. The van der Waals surface area contributed by atoms with Crippen LogP contribution in [0.3, 0.4) is 0 Å². The molecule has 1 fully saturated rings. The van der Waals surface area contributed by atoms with Gasteiger partial charge in [-0.15, -0.1) is 0 Å². The van der Waals surface area contributed by atoms with Crippen molar-refractivity contribution in [3.8, 4) is 5.75 Å². The Balaban J connectivity index is 2.04. The molecule has 3 unspecified atom stereocenters. The summed E-state index contributed by atoms with van der Waals surface area (Å²) in [5, 5.41) is 21.0. The molecule has 0 heterocycles. The molecule has 1 aliphatic rings. The first-order valence-electron chi connectivity index (χ1n) is 6.42. The summed E-state index contributed by atoms with van der Waals surface area (Å²) < 4.78 is 15.9. The van der Waals surface area contributed by atoms with Gasteiger partial charge in [0.2, 0.25) is 0 Å². The lowest BCUT2D eigenvalue weighted by atomic mass is 9.88. The summed E-state index contributed by atoms with van der Waals surface area (Å²) in [6.45, 7) is 0.711. The number of aliphatic hydroxyl groups excluding tert-OH is 1. The van der Waals surface area contributed by atoms with Crippen LogP contribution in [0.1, 0.15) is 6.42 Å². The maximum Gasteiger partial charge on any atom is 0.311 e. The molecule has 0 radical (unpaired) electrons. The third-order valence-electron chi connectivity index (χ3n) is 3.21. The number of benzene rings is 1. The SMILES string of the molecule is COCCOC1C(O)CC1Oc1cc(Cl)ccc1[N+](=O)[O-]. The molecule has 0 spiro atoms. The summed E-state index contributed by atoms with van der Waals surface area (Å²) >= 11 is 5.83. The average Bonchev–Trinajstić information content (AvgIpc) is 2.43. The highest BCUT2D eigenvalue weighted by Crippen LogP contribution is 2.35. The van der Waals surface area contributed by atoms with Crippen molar-refractivity contribution in [2.75, 3.05) is 20.3 Å². The maximum absolute atomic E-state index is 11.0. The number of nitro groups is 1. The Bertz CT molecular complexity index is 511. The lowest BCUT2D eigenvalue weighted by Gasteiger charge is -2.40. The van der Waals surface area contributed by atoms with Crippen LogP contribution in [0, 0.1) is 10.1 Å². The first-order chi connectivity index (χ1) is 10.0. The van der Waals surface area contributed by atoms with Gasteiger partial charge in [-0.1, -0.05) is 11.6 Å². The smallest absolute Gasteiger partial charge is 0.311 e. The fourth-order valence-electron chi connectivity index (χ4n) is 2.06. The van der Waals surface area contributed by atoms with E-state index in [0.717, 1.165) is 0 Å². The number of rotatable bonds is 7. The highest BCUT2D eigenvalue weighted by atomic mass is 35.5. The zero-order valence-electron chi connectivity index (χ0n) is 11.4. The van der Waals surface area contributed by atoms with Crippen LogP contribution in [-0.4, -0.2) is 48.7 Å². The predicted molar refractivity (Wildman–Crippen MR) is 74.8 cm³/mol. The number of methoxy groups -OCH3 is 1. The van der Waals surface area contributed by atoms with E-state index in [1.54, 1.807) is 7.11 Å². The van der Waals surface area contributed by atoms with Gasteiger partial charge >= 0.3 is 5.69 Å². The van der Waals surface area contributed by atoms with Crippen LogP contribution in [0.5, 0.6) is 5.75 Å². The zero-order chi connectivity index (χ0) is 15.4. The number of nitro benzene ring substituents is 1. The van der Waals surface area contributed by atoms with E-state index in [-0.39, 0.29) is 11.4 Å². The van der Waals surface area contributed by atoms with Gasteiger partial charge in [-0.05, 0) is 6.07 Å². The normalized spacial score (nSPS) is 24.4. The molecule has 1 aromatic rings. The second kappa shape index (κ2) is 7.04. The van der Waals surface area contributed by atoms with E-state index in [1.807, 2.05) is 0 Å². The third-order valence-corrected chi connectivity index (χ3v) is 3.45. The number of ether oxygens (including phenoxy) is 3. The van der Waals surface area contributed by atoms with Gasteiger partial charge in [-0.25, -0.2) is 0 Å². The van der Waals surface area contributed by atoms with Crippen LogP contribution in [-0.2, 0) is 9.47 Å². The minimum Gasteiger partial charge on any atom is -0.480 e. The van der Waals surface area contributed by atoms with Crippen molar-refractivity contribution in [3.05, 3.63) is 33.3 Å². The topological polar surface area (TPSA) is 91.1 Å². The van der Waals surface area contributed by atoms with Crippen LogP contribution >= 0.6 is 11.6 Å². The first-order valence-corrected chi connectivity index (χ1v) is 6.80. The Kier molecular flexibility index (Phi) is 5.35. The van der Waals surface area contributed by atoms with Gasteiger partial charge in [0.15, 0.2) is 5.75 Å². The summed E-state index contributed by atoms with van der Waals surface area (Å²) in [6, 6.07) is 4.10. The molecule has 0 aromatic heterocycles. The molecule has 2 rings (SSSR count). The molecule has 1 aliphatic carbocycles. The number of nitrogens with zero attached hydrogens (tertiary/aromatic N) is 1. The van der Waals surface area contributed by atoms with E-state index in [9.17, 15) is 15.2 Å². The van der Waals surface area contributed by atoms with Crippen molar-refractivity contribution in [2.45, 2.75) is 24.7 Å². The van der Waals surface area contributed by atoms with E-state index in [2.05, 4.69) is 0 Å². The van der Waals surface area contributed by atoms with Crippen molar-refractivity contribution in [1.29, 1.82) is 0 Å². The van der Waals surface area contributed by atoms with Gasteiger partial charge in [0.25, 0.3) is 0 Å². The summed E-state index contributed by atoms with van der Waals surface area (Å²) in [5.74, 6) is 0.0738. The van der Waals surface area contributed by atoms with Crippen molar-refractivity contribution in [1.82, 2.24) is 0 Å². The molecule has 1 aromatic carbocycles. The molecule has 0 bridgehead atoms. The van der Waals surface area contributed by atoms with Gasteiger partial charge in [0.05, 0.1) is 24.2 Å². The molecule has 116 valence electrons.